The number of anilines is 2. The molecule has 0 unspecified atom stereocenters. The van der Waals surface area contributed by atoms with Crippen LogP contribution in [-0.4, -0.2) is 48.5 Å². The number of nitrogens with zero attached hydrogens (tertiary/aromatic N) is 2. The van der Waals surface area contributed by atoms with Gasteiger partial charge in [-0.3, -0.25) is 9.59 Å². The molecule has 1 amide bonds. The minimum Gasteiger partial charge on any atom is -0.367 e. The molecule has 11 heteroatoms. The fourth-order valence-corrected chi connectivity index (χ4v) is 4.06. The Balaban J connectivity index is 1.73. The second kappa shape index (κ2) is 10.7. The second-order valence-corrected chi connectivity index (χ2v) is 8.96. The number of carbonyl (C=O) groups is 1. The van der Waals surface area contributed by atoms with Gasteiger partial charge in [0.1, 0.15) is 0 Å². The molecular formula is C27H23F5N4O2. The van der Waals surface area contributed by atoms with E-state index in [2.05, 4.69) is 27.0 Å². The number of H-pyrrole nitrogens is 1. The van der Waals surface area contributed by atoms with Gasteiger partial charge in [0.25, 0.3) is 5.91 Å². The summed E-state index contributed by atoms with van der Waals surface area (Å²) in [7, 11) is 1.98. The Labute approximate surface area is 215 Å². The molecular weight excluding hydrogens is 507 g/mol. The first-order valence-corrected chi connectivity index (χ1v) is 11.6. The molecule has 2 heterocycles. The van der Waals surface area contributed by atoms with E-state index in [-0.39, 0.29) is 17.3 Å². The van der Waals surface area contributed by atoms with Crippen LogP contribution in [0.3, 0.4) is 0 Å². The van der Waals surface area contributed by atoms with Gasteiger partial charge in [-0.2, -0.15) is 13.2 Å². The van der Waals surface area contributed by atoms with Crippen LogP contribution < -0.4 is 15.8 Å². The normalized spacial score (nSPS) is 16.1. The van der Waals surface area contributed by atoms with Crippen molar-refractivity contribution in [2.24, 2.45) is 0 Å². The first-order valence-electron chi connectivity index (χ1n) is 11.6. The number of hydrogen-bond acceptors (Lipinski definition) is 4. The highest BCUT2D eigenvalue weighted by molar-refractivity contribution is 6.07. The SMILES string of the molecule is C[C@H]1CN(c2ccc(C#Cc3ccc(F)c(F)c3)cc2NC(=O)c2c[nH]c(=O)cc2C(F)(F)F)CCN1C. The highest BCUT2D eigenvalue weighted by Crippen LogP contribution is 2.33. The predicted molar refractivity (Wildman–Crippen MR) is 133 cm³/mol. The number of carbonyl (C=O) groups excluding carboxylic acids is 1. The standard InChI is InChI=1S/C27H23F5N4O2/c1-16-15-36(10-9-35(16)2)24-8-6-18(4-3-17-5-7-21(28)22(29)11-17)12-23(24)34-26(38)19-14-33-25(37)13-20(19)27(30,31)32/h5-8,11-14,16H,9-10,15H2,1-2H3,(H,33,37)(H,34,38)/t16-/m0/s1. The van der Waals surface area contributed by atoms with Gasteiger partial charge >= 0.3 is 6.18 Å². The molecule has 3 aromatic rings. The van der Waals surface area contributed by atoms with Gasteiger partial charge in [-0.15, -0.1) is 0 Å². The number of rotatable bonds is 3. The zero-order chi connectivity index (χ0) is 27.6. The predicted octanol–water partition coefficient (Wildman–Crippen LogP) is 4.46. The third-order valence-electron chi connectivity index (χ3n) is 6.29. The van der Waals surface area contributed by atoms with Crippen molar-refractivity contribution < 1.29 is 26.7 Å². The number of aromatic amines is 1. The van der Waals surface area contributed by atoms with Gasteiger partial charge in [0.2, 0.25) is 5.56 Å². The van der Waals surface area contributed by atoms with Crippen LogP contribution in [-0.2, 0) is 6.18 Å². The van der Waals surface area contributed by atoms with E-state index in [1.54, 1.807) is 12.1 Å². The largest absolute Gasteiger partial charge is 0.417 e. The Morgan fingerprint density at radius 3 is 2.37 bits per heavy atom. The molecule has 6 nitrogen and oxygen atoms in total. The number of pyridine rings is 1. The summed E-state index contributed by atoms with van der Waals surface area (Å²) in [6, 6.07) is 8.58. The van der Waals surface area contributed by atoms with E-state index in [1.807, 2.05) is 18.9 Å². The third-order valence-corrected chi connectivity index (χ3v) is 6.29. The Bertz CT molecular complexity index is 1490. The number of halogens is 5. The molecule has 2 N–H and O–H groups in total. The lowest BCUT2D eigenvalue weighted by Gasteiger charge is -2.39. The van der Waals surface area contributed by atoms with Crippen LogP contribution in [0.5, 0.6) is 0 Å². The summed E-state index contributed by atoms with van der Waals surface area (Å²) in [6.45, 7) is 3.97. The van der Waals surface area contributed by atoms with Crippen molar-refractivity contribution in [1.29, 1.82) is 0 Å². The summed E-state index contributed by atoms with van der Waals surface area (Å²) in [5.41, 5.74) is -1.70. The lowest BCUT2D eigenvalue weighted by Crippen LogP contribution is -2.50. The minimum atomic E-state index is -4.92. The summed E-state index contributed by atoms with van der Waals surface area (Å²) >= 11 is 0. The monoisotopic (exact) mass is 530 g/mol. The summed E-state index contributed by atoms with van der Waals surface area (Å²) in [6.07, 6.45) is -4.20. The summed E-state index contributed by atoms with van der Waals surface area (Å²) < 4.78 is 67.4. The van der Waals surface area contributed by atoms with Gasteiger partial charge < -0.3 is 20.1 Å². The van der Waals surface area contributed by atoms with E-state index in [1.165, 1.54) is 12.1 Å². The molecule has 2 aromatic carbocycles. The molecule has 38 heavy (non-hydrogen) atoms. The molecule has 0 spiro atoms. The van der Waals surface area contributed by atoms with Gasteiger partial charge in [0, 0.05) is 49.1 Å². The molecule has 198 valence electrons. The molecule has 0 saturated carbocycles. The van der Waals surface area contributed by atoms with Gasteiger partial charge in [0.05, 0.1) is 22.5 Å². The maximum atomic E-state index is 13.5. The van der Waals surface area contributed by atoms with Gasteiger partial charge in [-0.25, -0.2) is 8.78 Å². The fraction of sp³-hybridized carbons (Fsp3) is 0.259. The average Bonchev–Trinajstić information content (AvgIpc) is 2.86. The Morgan fingerprint density at radius 1 is 1.03 bits per heavy atom. The molecule has 1 saturated heterocycles. The third kappa shape index (κ3) is 6.03. The van der Waals surface area contributed by atoms with Crippen molar-refractivity contribution in [3.63, 3.8) is 0 Å². The topological polar surface area (TPSA) is 68.4 Å². The molecule has 1 aromatic heterocycles. The van der Waals surface area contributed by atoms with Crippen LogP contribution in [0.25, 0.3) is 0 Å². The Morgan fingerprint density at radius 2 is 1.71 bits per heavy atom. The van der Waals surface area contributed by atoms with Crippen molar-refractivity contribution >= 4 is 17.3 Å². The molecule has 0 radical (unpaired) electrons. The van der Waals surface area contributed by atoms with E-state index in [4.69, 9.17) is 0 Å². The van der Waals surface area contributed by atoms with Crippen molar-refractivity contribution in [2.75, 3.05) is 36.9 Å². The highest BCUT2D eigenvalue weighted by atomic mass is 19.4. The Hall–Kier alpha value is -4.17. The molecule has 1 fully saturated rings. The number of benzene rings is 2. The van der Waals surface area contributed by atoms with Crippen molar-refractivity contribution in [3.05, 3.63) is 92.9 Å². The zero-order valence-corrected chi connectivity index (χ0v) is 20.4. The molecule has 1 aliphatic heterocycles. The van der Waals surface area contributed by atoms with Crippen LogP contribution in [0.1, 0.15) is 34.0 Å². The number of aromatic nitrogens is 1. The number of hydrogen-bond donors (Lipinski definition) is 2. The van der Waals surface area contributed by atoms with E-state index in [0.29, 0.717) is 30.4 Å². The number of piperazine rings is 1. The van der Waals surface area contributed by atoms with Crippen LogP contribution in [0.15, 0.2) is 53.5 Å². The van der Waals surface area contributed by atoms with E-state index in [9.17, 15) is 31.5 Å². The van der Waals surface area contributed by atoms with Crippen molar-refractivity contribution in [3.8, 4) is 11.8 Å². The lowest BCUT2D eigenvalue weighted by molar-refractivity contribution is -0.138. The van der Waals surface area contributed by atoms with Crippen LogP contribution in [0.2, 0.25) is 0 Å². The highest BCUT2D eigenvalue weighted by Gasteiger charge is 2.36. The minimum absolute atomic E-state index is 0.177. The first kappa shape index (κ1) is 26.9. The number of likely N-dealkylation sites (N-methyl/N-ethyl adjacent to an activating group) is 1. The van der Waals surface area contributed by atoms with E-state index >= 15 is 0 Å². The maximum Gasteiger partial charge on any atom is 0.417 e. The second-order valence-electron chi connectivity index (χ2n) is 8.96. The molecule has 0 bridgehead atoms. The van der Waals surface area contributed by atoms with Gasteiger partial charge in [0.15, 0.2) is 11.6 Å². The molecule has 0 aliphatic carbocycles. The maximum absolute atomic E-state index is 13.5. The summed E-state index contributed by atoms with van der Waals surface area (Å²) in [4.78, 5) is 30.8. The fourth-order valence-electron chi connectivity index (χ4n) is 4.06. The van der Waals surface area contributed by atoms with Gasteiger partial charge in [-0.1, -0.05) is 11.8 Å². The van der Waals surface area contributed by atoms with E-state index in [0.717, 1.165) is 24.9 Å². The number of nitrogens with one attached hydrogen (secondary N) is 2. The quantitative estimate of drug-likeness (QED) is 0.388. The lowest BCUT2D eigenvalue weighted by atomic mass is 10.1. The molecule has 4 rings (SSSR count). The van der Waals surface area contributed by atoms with Gasteiger partial charge in [-0.05, 0) is 50.4 Å². The molecule has 1 aliphatic rings. The zero-order valence-electron chi connectivity index (χ0n) is 20.4. The first-order chi connectivity index (χ1) is 17.9. The van der Waals surface area contributed by atoms with Crippen LogP contribution >= 0.6 is 0 Å². The smallest absolute Gasteiger partial charge is 0.367 e. The molecule has 1 atom stereocenters. The van der Waals surface area contributed by atoms with Crippen molar-refractivity contribution in [2.45, 2.75) is 19.1 Å². The summed E-state index contributed by atoms with van der Waals surface area (Å²) in [5, 5.41) is 2.54. The summed E-state index contributed by atoms with van der Waals surface area (Å²) in [5.74, 6) is 2.39. The van der Waals surface area contributed by atoms with Crippen LogP contribution in [0.4, 0.5) is 33.3 Å². The number of alkyl halides is 3. The average molecular weight is 530 g/mol. The van der Waals surface area contributed by atoms with Crippen molar-refractivity contribution in [1.82, 2.24) is 9.88 Å². The van der Waals surface area contributed by atoms with E-state index < -0.39 is 40.4 Å². The number of amides is 1. The Kier molecular flexibility index (Phi) is 7.55. The van der Waals surface area contributed by atoms with Crippen LogP contribution in [0, 0.1) is 23.5 Å².